The van der Waals surface area contributed by atoms with E-state index in [2.05, 4.69) is 9.46 Å². The van der Waals surface area contributed by atoms with Crippen LogP contribution in [0.4, 0.5) is 13.2 Å². The van der Waals surface area contributed by atoms with Crippen LogP contribution in [0.1, 0.15) is 30.7 Å². The summed E-state index contributed by atoms with van der Waals surface area (Å²) >= 11 is 12.0. The molecule has 28 heavy (non-hydrogen) atoms. The Morgan fingerprint density at radius 2 is 1.68 bits per heavy atom. The first-order chi connectivity index (χ1) is 13.0. The number of alkyl halides is 3. The van der Waals surface area contributed by atoms with Crippen LogP contribution in [0.25, 0.3) is 0 Å². The van der Waals surface area contributed by atoms with Crippen LogP contribution in [0.3, 0.4) is 0 Å². The molecule has 0 saturated heterocycles. The fourth-order valence-corrected chi connectivity index (χ4v) is 4.95. The summed E-state index contributed by atoms with van der Waals surface area (Å²) in [5.74, 6) is -0.557. The molecule has 1 fully saturated rings. The average Bonchev–Trinajstić information content (AvgIpc) is 3.04. The Bertz CT molecular complexity index is 950. The van der Waals surface area contributed by atoms with Gasteiger partial charge in [0.15, 0.2) is 0 Å². The predicted octanol–water partition coefficient (Wildman–Crippen LogP) is 5.51. The molecule has 0 amide bonds. The van der Waals surface area contributed by atoms with Gasteiger partial charge in [0, 0.05) is 12.0 Å². The molecule has 1 N–H and O–H groups in total. The van der Waals surface area contributed by atoms with Crippen molar-refractivity contribution in [2.24, 2.45) is 0 Å². The highest BCUT2D eigenvalue weighted by Gasteiger charge is 2.33. The predicted molar refractivity (Wildman–Crippen MR) is 100 cm³/mol. The average molecular weight is 454 g/mol. The molecule has 3 rings (SSSR count). The molecule has 0 heterocycles. The summed E-state index contributed by atoms with van der Waals surface area (Å²) in [7, 11) is -3.91. The van der Waals surface area contributed by atoms with Crippen LogP contribution in [0.5, 0.6) is 5.75 Å². The van der Waals surface area contributed by atoms with Crippen molar-refractivity contribution in [1.29, 1.82) is 0 Å². The first kappa shape index (κ1) is 21.2. The van der Waals surface area contributed by atoms with E-state index in [1.807, 2.05) is 6.07 Å². The Kier molecular flexibility index (Phi) is 6.14. The molecule has 0 bridgehead atoms. The van der Waals surface area contributed by atoms with Crippen LogP contribution in [-0.2, 0) is 10.0 Å². The van der Waals surface area contributed by atoms with E-state index in [1.54, 1.807) is 12.1 Å². The molecule has 2 atom stereocenters. The Labute approximate surface area is 170 Å². The molecule has 4 nitrogen and oxygen atoms in total. The third kappa shape index (κ3) is 5.11. The van der Waals surface area contributed by atoms with Crippen LogP contribution in [0.15, 0.2) is 47.4 Å². The molecule has 1 aliphatic carbocycles. The molecule has 1 saturated carbocycles. The van der Waals surface area contributed by atoms with Gasteiger partial charge in [-0.1, -0.05) is 35.7 Å². The Morgan fingerprint density at radius 1 is 1.00 bits per heavy atom. The molecule has 10 heteroatoms. The fraction of sp³-hybridized carbons (Fsp3) is 0.333. The van der Waals surface area contributed by atoms with Gasteiger partial charge < -0.3 is 4.74 Å². The summed E-state index contributed by atoms with van der Waals surface area (Å²) in [6.07, 6.45) is -2.59. The van der Waals surface area contributed by atoms with Gasteiger partial charge in [-0.25, -0.2) is 13.1 Å². The van der Waals surface area contributed by atoms with Crippen molar-refractivity contribution in [3.05, 3.63) is 58.1 Å². The molecule has 2 aromatic carbocycles. The number of sulfonamides is 1. The van der Waals surface area contributed by atoms with Crippen molar-refractivity contribution in [3.63, 3.8) is 0 Å². The molecule has 0 aromatic heterocycles. The van der Waals surface area contributed by atoms with Crippen molar-refractivity contribution in [2.75, 3.05) is 0 Å². The van der Waals surface area contributed by atoms with E-state index in [4.69, 9.17) is 23.2 Å². The summed E-state index contributed by atoms with van der Waals surface area (Å²) in [5.41, 5.74) is 0.883. The largest absolute Gasteiger partial charge is 0.573 e. The highest BCUT2D eigenvalue weighted by atomic mass is 35.5. The van der Waals surface area contributed by atoms with E-state index in [1.165, 1.54) is 0 Å². The zero-order chi connectivity index (χ0) is 20.5. The van der Waals surface area contributed by atoms with Crippen LogP contribution < -0.4 is 9.46 Å². The van der Waals surface area contributed by atoms with Crippen LogP contribution >= 0.6 is 23.2 Å². The minimum Gasteiger partial charge on any atom is -0.406 e. The molecular formula is C18H16Cl2F3NO3S. The normalized spacial score (nSPS) is 20.3. The number of ether oxygens (including phenoxy) is 1. The first-order valence-corrected chi connectivity index (χ1v) is 10.6. The van der Waals surface area contributed by atoms with Gasteiger partial charge in [0.1, 0.15) is 5.75 Å². The molecular weight excluding hydrogens is 438 g/mol. The van der Waals surface area contributed by atoms with Gasteiger partial charge >= 0.3 is 6.36 Å². The van der Waals surface area contributed by atoms with Crippen molar-refractivity contribution < 1.29 is 26.3 Å². The second-order valence-electron chi connectivity index (χ2n) is 6.46. The number of hydrogen-bond donors (Lipinski definition) is 1. The lowest BCUT2D eigenvalue weighted by atomic mass is 9.95. The van der Waals surface area contributed by atoms with Gasteiger partial charge in [0.2, 0.25) is 10.0 Å². The molecule has 0 radical (unpaired) electrons. The number of rotatable bonds is 5. The standard InChI is InChI=1S/C18H16Cl2F3NO3S/c19-15-9-4-11(10-16(15)20)14-2-1-3-17(14)24-28(25,26)13-7-5-12(6-8-13)27-18(21,22)23/h4-10,14,17,24H,1-3H2/t14-,17-/m0/s1. The van der Waals surface area contributed by atoms with E-state index in [0.717, 1.165) is 42.7 Å². The molecule has 1 aliphatic rings. The summed E-state index contributed by atoms with van der Waals surface area (Å²) < 4.78 is 68.4. The maximum atomic E-state index is 12.7. The van der Waals surface area contributed by atoms with Crippen LogP contribution in [-0.4, -0.2) is 20.8 Å². The summed E-state index contributed by atoms with van der Waals surface area (Å²) in [4.78, 5) is -0.137. The van der Waals surface area contributed by atoms with E-state index >= 15 is 0 Å². The smallest absolute Gasteiger partial charge is 0.406 e. The topological polar surface area (TPSA) is 55.4 Å². The molecule has 0 unspecified atom stereocenters. The Hall–Kier alpha value is -1.48. The quantitative estimate of drug-likeness (QED) is 0.649. The van der Waals surface area contributed by atoms with Gasteiger partial charge in [-0.15, -0.1) is 13.2 Å². The first-order valence-electron chi connectivity index (χ1n) is 8.38. The monoisotopic (exact) mass is 453 g/mol. The summed E-state index contributed by atoms with van der Waals surface area (Å²) in [6, 6.07) is 8.94. The maximum Gasteiger partial charge on any atom is 0.573 e. The zero-order valence-corrected chi connectivity index (χ0v) is 16.7. The van der Waals surface area contributed by atoms with Gasteiger partial charge in [-0.2, -0.15) is 0 Å². The number of halogens is 5. The van der Waals surface area contributed by atoms with Crippen LogP contribution in [0.2, 0.25) is 10.0 Å². The number of nitrogens with one attached hydrogen (secondary N) is 1. The maximum absolute atomic E-state index is 12.7. The zero-order valence-electron chi connectivity index (χ0n) is 14.3. The summed E-state index contributed by atoms with van der Waals surface area (Å²) in [5, 5.41) is 0.814. The van der Waals surface area contributed by atoms with E-state index < -0.39 is 22.1 Å². The Morgan fingerprint density at radius 3 is 2.29 bits per heavy atom. The molecule has 0 spiro atoms. The molecule has 0 aliphatic heterocycles. The second kappa shape index (κ2) is 8.10. The lowest BCUT2D eigenvalue weighted by Gasteiger charge is -2.22. The lowest BCUT2D eigenvalue weighted by Crippen LogP contribution is -2.36. The van der Waals surface area contributed by atoms with E-state index in [-0.39, 0.29) is 16.9 Å². The lowest BCUT2D eigenvalue weighted by molar-refractivity contribution is -0.274. The van der Waals surface area contributed by atoms with Crippen molar-refractivity contribution in [3.8, 4) is 5.75 Å². The van der Waals surface area contributed by atoms with Crippen molar-refractivity contribution in [2.45, 2.75) is 42.5 Å². The fourth-order valence-electron chi connectivity index (χ4n) is 3.33. The molecule has 2 aromatic rings. The van der Waals surface area contributed by atoms with E-state index in [0.29, 0.717) is 16.5 Å². The third-order valence-electron chi connectivity index (χ3n) is 4.56. The van der Waals surface area contributed by atoms with Crippen LogP contribution in [0, 0.1) is 0 Å². The van der Waals surface area contributed by atoms with Crippen molar-refractivity contribution >= 4 is 33.2 Å². The van der Waals surface area contributed by atoms with Crippen molar-refractivity contribution in [1.82, 2.24) is 4.72 Å². The van der Waals surface area contributed by atoms with Gasteiger partial charge in [0.05, 0.1) is 14.9 Å². The van der Waals surface area contributed by atoms with E-state index in [9.17, 15) is 21.6 Å². The molecule has 152 valence electrons. The van der Waals surface area contributed by atoms with Gasteiger partial charge in [-0.05, 0) is 54.8 Å². The third-order valence-corrected chi connectivity index (χ3v) is 6.81. The minimum atomic E-state index is -4.84. The highest BCUT2D eigenvalue weighted by molar-refractivity contribution is 7.89. The number of benzene rings is 2. The van der Waals surface area contributed by atoms with Gasteiger partial charge in [0.25, 0.3) is 0 Å². The minimum absolute atomic E-state index is 0.0719. The Balaban J connectivity index is 1.76. The van der Waals surface area contributed by atoms with Gasteiger partial charge in [-0.3, -0.25) is 0 Å². The highest BCUT2D eigenvalue weighted by Crippen LogP contribution is 2.37. The SMILES string of the molecule is O=S(=O)(N[C@H]1CCC[C@H]1c1ccc(Cl)c(Cl)c1)c1ccc(OC(F)(F)F)cc1. The summed E-state index contributed by atoms with van der Waals surface area (Å²) in [6.45, 7) is 0. The number of hydrogen-bond acceptors (Lipinski definition) is 3. The second-order valence-corrected chi connectivity index (χ2v) is 8.99.